The van der Waals surface area contributed by atoms with Crippen molar-refractivity contribution in [3.63, 3.8) is 0 Å². The molecule has 0 aliphatic heterocycles. The van der Waals surface area contributed by atoms with Crippen LogP contribution < -0.4 is 0 Å². The zero-order valence-corrected chi connectivity index (χ0v) is 20.3. The van der Waals surface area contributed by atoms with E-state index < -0.39 is 0 Å². The maximum atomic E-state index is 12.8. The number of hydrogen-bond donors (Lipinski definition) is 1. The van der Waals surface area contributed by atoms with Gasteiger partial charge < -0.3 is 9.84 Å². The van der Waals surface area contributed by atoms with E-state index in [1.165, 1.54) is 49.0 Å². The number of esters is 1. The summed E-state index contributed by atoms with van der Waals surface area (Å²) in [6.07, 6.45) is 14.1. The van der Waals surface area contributed by atoms with E-state index in [-0.39, 0.29) is 17.1 Å². The highest BCUT2D eigenvalue weighted by Gasteiger charge is 2.51. The van der Waals surface area contributed by atoms with Crippen LogP contribution in [0.15, 0.2) is 23.2 Å². The summed E-state index contributed by atoms with van der Waals surface area (Å²) in [7, 11) is 0. The third kappa shape index (κ3) is 3.73. The molecule has 1 N–H and O–H groups in total. The number of ether oxygens (including phenoxy) is 1. The molecular formula is C28H33NO3S. The molecular weight excluding hydrogens is 430 g/mol. The second-order valence-electron chi connectivity index (χ2n) is 10.8. The fourth-order valence-electron chi connectivity index (χ4n) is 7.64. The molecule has 1 heterocycles. The topological polar surface area (TPSA) is 58.9 Å². The van der Waals surface area contributed by atoms with Crippen molar-refractivity contribution in [1.29, 1.82) is 0 Å². The van der Waals surface area contributed by atoms with Crippen molar-refractivity contribution in [2.24, 2.45) is 22.7 Å². The smallest absolute Gasteiger partial charge is 0.341 e. The van der Waals surface area contributed by atoms with Gasteiger partial charge in [0, 0.05) is 16.7 Å². The number of fused-ring (bicyclic) bond motifs is 1. The average Bonchev–Trinajstić information content (AvgIpc) is 3.16. The molecule has 0 atom stereocenters. The van der Waals surface area contributed by atoms with Gasteiger partial charge in [0.15, 0.2) is 0 Å². The zero-order chi connectivity index (χ0) is 22.6. The van der Waals surface area contributed by atoms with E-state index in [1.54, 1.807) is 17.6 Å². The summed E-state index contributed by atoms with van der Waals surface area (Å²) in [5.41, 5.74) is 4.18. The molecule has 174 valence electrons. The Balaban J connectivity index is 1.34. The highest BCUT2D eigenvalue weighted by Crippen LogP contribution is 2.60. The Bertz CT molecular complexity index is 1080. The fraction of sp³-hybridized carbons (Fsp3) is 0.571. The number of thiophene rings is 1. The third-order valence-electron chi connectivity index (χ3n) is 8.63. The van der Waals surface area contributed by atoms with Crippen LogP contribution in [0.1, 0.15) is 90.2 Å². The van der Waals surface area contributed by atoms with Crippen LogP contribution in [0.25, 0.3) is 0 Å². The summed E-state index contributed by atoms with van der Waals surface area (Å²) < 4.78 is 5.37. The van der Waals surface area contributed by atoms with E-state index in [0.717, 1.165) is 59.6 Å². The second-order valence-corrected chi connectivity index (χ2v) is 11.9. The molecule has 0 unspecified atom stereocenters. The summed E-state index contributed by atoms with van der Waals surface area (Å²) in [5.74, 6) is 2.63. The van der Waals surface area contributed by atoms with Gasteiger partial charge in [-0.25, -0.2) is 9.79 Å². The van der Waals surface area contributed by atoms with E-state index in [4.69, 9.17) is 9.73 Å². The first-order valence-corrected chi connectivity index (χ1v) is 13.6. The molecule has 4 nitrogen and oxygen atoms in total. The Hall–Kier alpha value is -2.14. The SMILES string of the molecule is CCOC(=O)c1c(N=Cc2cc(C34CC5CC(CC(C5)C3)C4)ccc2O)sc2c1CCCC2. The number of nitrogens with zero attached hydrogens (tertiary/aromatic N) is 1. The lowest BCUT2D eigenvalue weighted by molar-refractivity contribution is -0.00520. The van der Waals surface area contributed by atoms with Gasteiger partial charge in [-0.2, -0.15) is 0 Å². The van der Waals surface area contributed by atoms with Gasteiger partial charge in [-0.3, -0.25) is 0 Å². The van der Waals surface area contributed by atoms with Crippen LogP contribution in [0.4, 0.5) is 5.00 Å². The summed E-state index contributed by atoms with van der Waals surface area (Å²) in [6.45, 7) is 2.20. The molecule has 4 fully saturated rings. The van der Waals surface area contributed by atoms with Crippen LogP contribution in [0.3, 0.4) is 0 Å². The van der Waals surface area contributed by atoms with Crippen LogP contribution in [0.2, 0.25) is 0 Å². The lowest BCUT2D eigenvalue weighted by atomic mass is 9.48. The fourth-order valence-corrected chi connectivity index (χ4v) is 8.86. The molecule has 33 heavy (non-hydrogen) atoms. The van der Waals surface area contributed by atoms with Gasteiger partial charge in [-0.05, 0) is 118 Å². The number of aromatic hydroxyl groups is 1. The molecule has 4 bridgehead atoms. The van der Waals surface area contributed by atoms with Gasteiger partial charge in [0.25, 0.3) is 0 Å². The number of hydrogen-bond acceptors (Lipinski definition) is 5. The molecule has 7 rings (SSSR count). The van der Waals surface area contributed by atoms with Crippen molar-refractivity contribution in [3.05, 3.63) is 45.3 Å². The van der Waals surface area contributed by atoms with Crippen molar-refractivity contribution in [3.8, 4) is 5.75 Å². The number of phenols is 1. The van der Waals surface area contributed by atoms with Crippen LogP contribution in [-0.4, -0.2) is 23.9 Å². The van der Waals surface area contributed by atoms with Crippen LogP contribution in [0.5, 0.6) is 5.75 Å². The Labute approximate surface area is 200 Å². The van der Waals surface area contributed by atoms with Crippen molar-refractivity contribution >= 4 is 28.5 Å². The van der Waals surface area contributed by atoms with E-state index in [2.05, 4.69) is 12.1 Å². The van der Waals surface area contributed by atoms with E-state index in [9.17, 15) is 9.90 Å². The molecule has 1 aromatic heterocycles. The summed E-state index contributed by atoms with van der Waals surface area (Å²) in [5, 5.41) is 11.4. The number of phenolic OH excluding ortho intramolecular Hbond substituents is 1. The van der Waals surface area contributed by atoms with E-state index >= 15 is 0 Å². The van der Waals surface area contributed by atoms with Crippen molar-refractivity contribution in [1.82, 2.24) is 0 Å². The quantitative estimate of drug-likeness (QED) is 0.395. The summed E-state index contributed by atoms with van der Waals surface area (Å²) >= 11 is 1.61. The standard InChI is InChI=1S/C28H33NO3S/c1-2-32-27(31)25-22-5-3-4-6-24(22)33-26(25)29-16-20-12-21(7-8-23(20)30)28-13-17-9-18(14-28)11-19(10-17)15-28/h7-8,12,16-19,30H,2-6,9-11,13-15H2,1H3. The molecule has 0 radical (unpaired) electrons. The van der Waals surface area contributed by atoms with E-state index in [1.807, 2.05) is 13.0 Å². The third-order valence-corrected chi connectivity index (χ3v) is 9.83. The predicted octanol–water partition coefficient (Wildman–Crippen LogP) is 6.73. The first-order valence-electron chi connectivity index (χ1n) is 12.7. The minimum atomic E-state index is -0.268. The lowest BCUT2D eigenvalue weighted by Gasteiger charge is -2.57. The predicted molar refractivity (Wildman–Crippen MR) is 132 cm³/mol. The number of carbonyl (C=O) groups is 1. The summed E-state index contributed by atoms with van der Waals surface area (Å²) in [6, 6.07) is 6.16. The minimum Gasteiger partial charge on any atom is -0.507 e. The normalized spacial score (nSPS) is 30.0. The van der Waals surface area contributed by atoms with Crippen LogP contribution >= 0.6 is 11.3 Å². The largest absolute Gasteiger partial charge is 0.507 e. The Kier molecular flexibility index (Phi) is 5.36. The van der Waals surface area contributed by atoms with Gasteiger partial charge in [0.05, 0.1) is 12.2 Å². The van der Waals surface area contributed by atoms with Gasteiger partial charge in [0.1, 0.15) is 10.8 Å². The molecule has 5 heteroatoms. The highest BCUT2D eigenvalue weighted by atomic mass is 32.1. The molecule has 4 saturated carbocycles. The number of aryl methyl sites for hydroxylation is 1. The first-order chi connectivity index (χ1) is 16.0. The number of rotatable bonds is 5. The average molecular weight is 464 g/mol. The van der Waals surface area contributed by atoms with Gasteiger partial charge in [0.2, 0.25) is 0 Å². The molecule has 1 aromatic carbocycles. The van der Waals surface area contributed by atoms with Crippen LogP contribution in [0, 0.1) is 17.8 Å². The monoisotopic (exact) mass is 463 g/mol. The zero-order valence-electron chi connectivity index (χ0n) is 19.4. The molecule has 5 aliphatic rings. The lowest BCUT2D eigenvalue weighted by Crippen LogP contribution is -2.48. The van der Waals surface area contributed by atoms with Gasteiger partial charge >= 0.3 is 5.97 Å². The van der Waals surface area contributed by atoms with Crippen LogP contribution in [-0.2, 0) is 23.0 Å². The van der Waals surface area contributed by atoms with Crippen molar-refractivity contribution < 1.29 is 14.6 Å². The Morgan fingerprint density at radius 1 is 1.15 bits per heavy atom. The Morgan fingerprint density at radius 3 is 2.55 bits per heavy atom. The van der Waals surface area contributed by atoms with Gasteiger partial charge in [-0.1, -0.05) is 6.07 Å². The molecule has 0 saturated heterocycles. The molecule has 2 aromatic rings. The van der Waals surface area contributed by atoms with E-state index in [0.29, 0.717) is 12.2 Å². The van der Waals surface area contributed by atoms with Crippen molar-refractivity contribution in [2.45, 2.75) is 76.5 Å². The summed E-state index contributed by atoms with van der Waals surface area (Å²) in [4.78, 5) is 18.8. The van der Waals surface area contributed by atoms with Crippen molar-refractivity contribution in [2.75, 3.05) is 6.61 Å². The Morgan fingerprint density at radius 2 is 1.85 bits per heavy atom. The first kappa shape index (κ1) is 21.4. The molecule has 0 spiro atoms. The number of aliphatic imine (C=N–C) groups is 1. The van der Waals surface area contributed by atoms with Gasteiger partial charge in [-0.15, -0.1) is 11.3 Å². The minimum absolute atomic E-state index is 0.256. The maximum Gasteiger partial charge on any atom is 0.341 e. The molecule has 5 aliphatic carbocycles. The second kappa shape index (κ2) is 8.26. The molecule has 0 amide bonds. The highest BCUT2D eigenvalue weighted by molar-refractivity contribution is 7.16. The number of benzene rings is 1. The number of carbonyl (C=O) groups excluding carboxylic acids is 1. The maximum absolute atomic E-state index is 12.8.